The number of amides is 1. The topological polar surface area (TPSA) is 96.6 Å². The molecular formula is C26H36N6O3. The molecule has 0 saturated carbocycles. The van der Waals surface area contributed by atoms with Crippen molar-refractivity contribution >= 4 is 16.8 Å². The third-order valence-corrected chi connectivity index (χ3v) is 6.75. The molecule has 0 radical (unpaired) electrons. The number of hydrogen-bond acceptors (Lipinski definition) is 7. The summed E-state index contributed by atoms with van der Waals surface area (Å²) in [5.41, 5.74) is 3.09. The molecule has 3 heterocycles. The highest BCUT2D eigenvalue weighted by Gasteiger charge is 2.28. The maximum atomic E-state index is 13.0. The number of aliphatic hydroxyl groups is 1. The maximum Gasteiger partial charge on any atom is 0.222 e. The van der Waals surface area contributed by atoms with Crippen molar-refractivity contribution in [2.75, 3.05) is 26.7 Å². The van der Waals surface area contributed by atoms with Crippen LogP contribution in [0.25, 0.3) is 10.9 Å². The van der Waals surface area contributed by atoms with E-state index in [1.165, 1.54) is 5.56 Å². The van der Waals surface area contributed by atoms with Crippen LogP contribution in [0.15, 0.2) is 42.7 Å². The summed E-state index contributed by atoms with van der Waals surface area (Å²) in [4.78, 5) is 21.5. The van der Waals surface area contributed by atoms with Crippen LogP contribution in [-0.2, 0) is 29.2 Å². The molecule has 1 aliphatic heterocycles. The van der Waals surface area contributed by atoms with E-state index in [0.717, 1.165) is 23.1 Å². The number of pyridine rings is 1. The Labute approximate surface area is 206 Å². The zero-order valence-corrected chi connectivity index (χ0v) is 20.9. The lowest BCUT2D eigenvalue weighted by molar-refractivity contribution is -0.136. The lowest BCUT2D eigenvalue weighted by atomic mass is 10.0. The average Bonchev–Trinajstić information content (AvgIpc) is 3.30. The van der Waals surface area contributed by atoms with Crippen molar-refractivity contribution in [1.82, 2.24) is 29.8 Å². The normalized spacial score (nSPS) is 20.9. The Morgan fingerprint density at radius 2 is 2.17 bits per heavy atom. The van der Waals surface area contributed by atoms with E-state index < -0.39 is 0 Å². The van der Waals surface area contributed by atoms with Gasteiger partial charge in [-0.05, 0) is 38.1 Å². The maximum absolute atomic E-state index is 13.0. The Morgan fingerprint density at radius 3 is 3.00 bits per heavy atom. The summed E-state index contributed by atoms with van der Waals surface area (Å²) in [6, 6.07) is 10.1. The van der Waals surface area contributed by atoms with Crippen molar-refractivity contribution in [1.29, 1.82) is 0 Å². The van der Waals surface area contributed by atoms with Crippen molar-refractivity contribution < 1.29 is 14.6 Å². The van der Waals surface area contributed by atoms with Gasteiger partial charge in [-0.2, -0.15) is 0 Å². The number of aromatic nitrogens is 4. The van der Waals surface area contributed by atoms with E-state index in [9.17, 15) is 9.90 Å². The second-order valence-electron chi connectivity index (χ2n) is 9.68. The molecule has 1 aliphatic rings. The van der Waals surface area contributed by atoms with Gasteiger partial charge in [0.15, 0.2) is 0 Å². The Kier molecular flexibility index (Phi) is 8.43. The van der Waals surface area contributed by atoms with Gasteiger partial charge in [-0.3, -0.25) is 14.7 Å². The minimum absolute atomic E-state index is 0.0522. The number of aliphatic hydroxyl groups excluding tert-OH is 1. The molecular weight excluding hydrogens is 444 g/mol. The fourth-order valence-corrected chi connectivity index (χ4v) is 4.64. The number of rotatable bonds is 6. The van der Waals surface area contributed by atoms with Crippen LogP contribution >= 0.6 is 0 Å². The molecule has 0 bridgehead atoms. The van der Waals surface area contributed by atoms with Crippen LogP contribution in [0.1, 0.15) is 37.9 Å². The lowest BCUT2D eigenvalue weighted by Gasteiger charge is -2.35. The molecule has 188 valence electrons. The molecule has 3 atom stereocenters. The molecule has 3 aromatic rings. The Bertz CT molecular complexity index is 1120. The smallest absolute Gasteiger partial charge is 0.222 e. The summed E-state index contributed by atoms with van der Waals surface area (Å²) in [7, 11) is 2.08. The van der Waals surface area contributed by atoms with Crippen LogP contribution in [0.4, 0.5) is 0 Å². The SMILES string of the molecule is C[C@H](CO)N1C[C@H](C)[C@H](CN(C)Cc2ccc3cccnc3c2)OCc2cnnn2CCCC1=O. The molecule has 0 fully saturated rings. The first-order chi connectivity index (χ1) is 16.9. The first-order valence-electron chi connectivity index (χ1n) is 12.4. The van der Waals surface area contributed by atoms with E-state index >= 15 is 0 Å². The predicted octanol–water partition coefficient (Wildman–Crippen LogP) is 2.48. The largest absolute Gasteiger partial charge is 0.394 e. The van der Waals surface area contributed by atoms with E-state index in [2.05, 4.69) is 58.4 Å². The molecule has 4 rings (SSSR count). The van der Waals surface area contributed by atoms with Gasteiger partial charge in [0.1, 0.15) is 0 Å². The Balaban J connectivity index is 1.51. The van der Waals surface area contributed by atoms with Crippen molar-refractivity contribution in [3.8, 4) is 0 Å². The number of fused-ring (bicyclic) bond motifs is 2. The first-order valence-corrected chi connectivity index (χ1v) is 12.4. The molecule has 35 heavy (non-hydrogen) atoms. The Morgan fingerprint density at radius 1 is 1.31 bits per heavy atom. The Hall–Kier alpha value is -2.88. The van der Waals surface area contributed by atoms with Gasteiger partial charge in [0.05, 0.1) is 42.8 Å². The molecule has 9 nitrogen and oxygen atoms in total. The number of carbonyl (C=O) groups excluding carboxylic acids is 1. The lowest BCUT2D eigenvalue weighted by Crippen LogP contribution is -2.47. The van der Waals surface area contributed by atoms with Gasteiger partial charge in [-0.1, -0.05) is 30.3 Å². The molecule has 0 aliphatic carbocycles. The summed E-state index contributed by atoms with van der Waals surface area (Å²) in [6.45, 7) is 6.96. The van der Waals surface area contributed by atoms with Crippen LogP contribution in [0, 0.1) is 5.92 Å². The number of hydrogen-bond donors (Lipinski definition) is 1. The molecule has 2 aromatic heterocycles. The van der Waals surface area contributed by atoms with Gasteiger partial charge in [0, 0.05) is 50.1 Å². The monoisotopic (exact) mass is 480 g/mol. The summed E-state index contributed by atoms with van der Waals surface area (Å²) in [5, 5.41) is 19.1. The zero-order chi connectivity index (χ0) is 24.8. The number of carbonyl (C=O) groups is 1. The van der Waals surface area contributed by atoms with Crippen molar-refractivity contribution in [3.05, 3.63) is 54.0 Å². The fourth-order valence-electron chi connectivity index (χ4n) is 4.64. The van der Waals surface area contributed by atoms with Gasteiger partial charge in [0.25, 0.3) is 0 Å². The molecule has 0 saturated heterocycles. The van der Waals surface area contributed by atoms with Crippen LogP contribution in [0.3, 0.4) is 0 Å². The van der Waals surface area contributed by atoms with E-state index in [1.807, 2.05) is 23.9 Å². The number of likely N-dealkylation sites (N-methyl/N-ethyl adjacent to an activating group) is 1. The highest BCUT2D eigenvalue weighted by Crippen LogP contribution is 2.20. The highest BCUT2D eigenvalue weighted by atomic mass is 16.5. The zero-order valence-electron chi connectivity index (χ0n) is 20.9. The molecule has 1 N–H and O–H groups in total. The van der Waals surface area contributed by atoms with Gasteiger partial charge in [0.2, 0.25) is 5.91 Å². The molecule has 0 unspecified atom stereocenters. The van der Waals surface area contributed by atoms with Gasteiger partial charge in [-0.25, -0.2) is 4.68 Å². The van der Waals surface area contributed by atoms with Crippen molar-refractivity contribution in [2.45, 2.75) is 58.5 Å². The van der Waals surface area contributed by atoms with E-state index in [0.29, 0.717) is 39.1 Å². The number of nitrogens with zero attached hydrogens (tertiary/aromatic N) is 6. The number of ether oxygens (including phenoxy) is 1. The highest BCUT2D eigenvalue weighted by molar-refractivity contribution is 5.78. The van der Waals surface area contributed by atoms with Gasteiger partial charge in [-0.15, -0.1) is 5.10 Å². The van der Waals surface area contributed by atoms with E-state index in [1.54, 1.807) is 11.1 Å². The quantitative estimate of drug-likeness (QED) is 0.579. The van der Waals surface area contributed by atoms with E-state index in [-0.39, 0.29) is 30.6 Å². The molecule has 1 amide bonds. The summed E-state index contributed by atoms with van der Waals surface area (Å²) in [6.07, 6.45) is 4.52. The number of aryl methyl sites for hydroxylation is 1. The summed E-state index contributed by atoms with van der Waals surface area (Å²) < 4.78 is 8.25. The third kappa shape index (κ3) is 6.42. The second kappa shape index (κ2) is 11.7. The third-order valence-electron chi connectivity index (χ3n) is 6.75. The predicted molar refractivity (Wildman–Crippen MR) is 133 cm³/mol. The van der Waals surface area contributed by atoms with Crippen LogP contribution in [0.2, 0.25) is 0 Å². The summed E-state index contributed by atoms with van der Waals surface area (Å²) in [5.74, 6) is 0.119. The summed E-state index contributed by atoms with van der Waals surface area (Å²) >= 11 is 0. The average molecular weight is 481 g/mol. The molecule has 1 aromatic carbocycles. The van der Waals surface area contributed by atoms with Crippen LogP contribution < -0.4 is 0 Å². The first kappa shape index (κ1) is 25.2. The van der Waals surface area contributed by atoms with Crippen molar-refractivity contribution in [3.63, 3.8) is 0 Å². The second-order valence-corrected chi connectivity index (χ2v) is 9.68. The van der Waals surface area contributed by atoms with Gasteiger partial charge < -0.3 is 14.7 Å². The van der Waals surface area contributed by atoms with Crippen LogP contribution in [0.5, 0.6) is 0 Å². The molecule has 9 heteroatoms. The van der Waals surface area contributed by atoms with E-state index in [4.69, 9.17) is 4.74 Å². The van der Waals surface area contributed by atoms with Crippen molar-refractivity contribution in [2.24, 2.45) is 5.92 Å². The minimum Gasteiger partial charge on any atom is -0.394 e. The van der Waals surface area contributed by atoms with Gasteiger partial charge >= 0.3 is 0 Å². The fraction of sp³-hybridized carbons (Fsp3) is 0.538. The minimum atomic E-state index is -0.238. The molecule has 0 spiro atoms. The van der Waals surface area contributed by atoms with Crippen LogP contribution in [-0.4, -0.2) is 79.7 Å². The number of benzene rings is 1. The standard InChI is InChI=1S/C26H36N6O3/c1-19-14-31(20(2)17-33)26(34)7-5-11-32-23(13-28-29-32)18-35-25(19)16-30(3)15-21-8-9-22-6-4-10-27-24(22)12-21/h4,6,8-10,12-13,19-20,25,33H,5,7,11,14-18H2,1-3H3/t19-,20+,25-/m0/s1.